The summed E-state index contributed by atoms with van der Waals surface area (Å²) in [6.45, 7) is 4.30. The molecule has 2 amide bonds. The Hall–Kier alpha value is -2.50. The van der Waals surface area contributed by atoms with Crippen molar-refractivity contribution in [3.8, 4) is 0 Å². The molecule has 0 aromatic rings. The van der Waals surface area contributed by atoms with Crippen molar-refractivity contribution < 1.29 is 38.9 Å². The van der Waals surface area contributed by atoms with Crippen LogP contribution in [0.2, 0.25) is 0 Å². The Kier molecular flexibility index (Phi) is 11.0. The molecular weight excluding hydrogens is 394 g/mol. The lowest BCUT2D eigenvalue weighted by Gasteiger charge is -2.30. The van der Waals surface area contributed by atoms with Crippen LogP contribution in [0, 0.1) is 0 Å². The highest BCUT2D eigenvalue weighted by atomic mass is 32.1. The number of hydrogen-bond acceptors (Lipinski definition) is 9. The Morgan fingerprint density at radius 2 is 1.86 bits per heavy atom. The Morgan fingerprint density at radius 3 is 2.32 bits per heavy atom. The van der Waals surface area contributed by atoms with Gasteiger partial charge in [0.25, 0.3) is 0 Å². The summed E-state index contributed by atoms with van der Waals surface area (Å²) in [5, 5.41) is 24.8. The highest BCUT2D eigenvalue weighted by Crippen LogP contribution is 2.09. The second kappa shape index (κ2) is 12.1. The molecule has 0 fully saturated rings. The van der Waals surface area contributed by atoms with Crippen molar-refractivity contribution in [2.45, 2.75) is 51.3 Å². The zero-order valence-electron chi connectivity index (χ0n) is 16.2. The van der Waals surface area contributed by atoms with Crippen LogP contribution in [0.1, 0.15) is 33.6 Å². The fourth-order valence-electron chi connectivity index (χ4n) is 1.80. The number of nitrogens with one attached hydrogen (secondary N) is 2. The number of carbonyl (C=O) groups is 4. The van der Waals surface area contributed by atoms with Crippen LogP contribution in [-0.4, -0.2) is 72.0 Å². The van der Waals surface area contributed by atoms with Crippen molar-refractivity contribution in [3.63, 3.8) is 0 Å². The Bertz CT molecular complexity index is 603. The summed E-state index contributed by atoms with van der Waals surface area (Å²) in [5.74, 6) is -3.45. The molecule has 28 heavy (non-hydrogen) atoms. The minimum Gasteiger partial charge on any atom is -0.595 e. The van der Waals surface area contributed by atoms with E-state index in [1.807, 2.05) is 0 Å². The topological polar surface area (TPSA) is 166 Å². The first-order chi connectivity index (χ1) is 12.9. The van der Waals surface area contributed by atoms with Crippen molar-refractivity contribution in [2.24, 2.45) is 4.99 Å². The van der Waals surface area contributed by atoms with Crippen molar-refractivity contribution >= 4 is 42.5 Å². The maximum absolute atomic E-state index is 12.0. The number of aliphatic carboxylic acids is 1. The van der Waals surface area contributed by atoms with Gasteiger partial charge in [0.2, 0.25) is 11.8 Å². The minimum atomic E-state index is -1.25. The highest BCUT2D eigenvalue weighted by molar-refractivity contribution is 7.80. The SMILES string of the molecule is COC(=O)[C@H](CCC(=O)N[C@@H](CS)C(=O)NCC(=O)O)N=C([O-])OC(C)(C)C. The smallest absolute Gasteiger partial charge is 0.330 e. The van der Waals surface area contributed by atoms with E-state index < -0.39 is 54.1 Å². The molecule has 0 radical (unpaired) electrons. The monoisotopic (exact) mass is 420 g/mol. The summed E-state index contributed by atoms with van der Waals surface area (Å²) in [5.41, 5.74) is -0.804. The van der Waals surface area contributed by atoms with Crippen molar-refractivity contribution in [3.05, 3.63) is 0 Å². The van der Waals surface area contributed by atoms with Gasteiger partial charge >= 0.3 is 11.9 Å². The number of amides is 2. The van der Waals surface area contributed by atoms with E-state index in [9.17, 15) is 24.3 Å². The van der Waals surface area contributed by atoms with Crippen LogP contribution in [0.15, 0.2) is 4.99 Å². The van der Waals surface area contributed by atoms with E-state index >= 15 is 0 Å². The molecule has 2 atom stereocenters. The third-order valence-corrected chi connectivity index (χ3v) is 3.39. The molecule has 0 aliphatic heterocycles. The number of carboxylic acid groups (broad SMARTS) is 1. The molecule has 0 aliphatic rings. The highest BCUT2D eigenvalue weighted by Gasteiger charge is 2.23. The van der Waals surface area contributed by atoms with Crippen LogP contribution >= 0.6 is 12.6 Å². The quantitative estimate of drug-likeness (QED) is 0.143. The molecule has 0 rings (SSSR count). The Labute approximate surface area is 168 Å². The largest absolute Gasteiger partial charge is 0.595 e. The van der Waals surface area contributed by atoms with Gasteiger partial charge < -0.3 is 30.3 Å². The molecule has 160 valence electrons. The number of carboxylic acids is 1. The second-order valence-electron chi connectivity index (χ2n) is 6.60. The third-order valence-electron chi connectivity index (χ3n) is 3.02. The van der Waals surface area contributed by atoms with Gasteiger partial charge in [-0.15, -0.1) is 0 Å². The molecule has 3 N–H and O–H groups in total. The Morgan fingerprint density at radius 1 is 1.25 bits per heavy atom. The van der Waals surface area contributed by atoms with Crippen LogP contribution in [0.3, 0.4) is 0 Å². The van der Waals surface area contributed by atoms with Crippen LogP contribution in [-0.2, 0) is 28.7 Å². The molecule has 0 spiro atoms. The first-order valence-corrected chi connectivity index (χ1v) is 8.94. The van der Waals surface area contributed by atoms with E-state index in [0.717, 1.165) is 7.11 Å². The number of thiol groups is 1. The zero-order valence-corrected chi connectivity index (χ0v) is 17.1. The summed E-state index contributed by atoms with van der Waals surface area (Å²) in [6.07, 6.45) is -1.37. The van der Waals surface area contributed by atoms with Crippen LogP contribution in [0.25, 0.3) is 0 Å². The van der Waals surface area contributed by atoms with Gasteiger partial charge in [-0.3, -0.25) is 19.4 Å². The lowest BCUT2D eigenvalue weighted by atomic mass is 10.1. The maximum atomic E-state index is 12.0. The number of aliphatic imine (C=N–C) groups is 1. The summed E-state index contributed by atoms with van der Waals surface area (Å²) in [6, 6.07) is -2.31. The number of nitrogens with zero attached hydrogens (tertiary/aromatic N) is 1. The Balaban J connectivity index is 4.85. The number of methoxy groups -OCH3 is 1. The van der Waals surface area contributed by atoms with Gasteiger partial charge in [0, 0.05) is 17.8 Å². The van der Waals surface area contributed by atoms with Crippen molar-refractivity contribution in [2.75, 3.05) is 19.4 Å². The number of ether oxygens (including phenoxy) is 2. The van der Waals surface area contributed by atoms with Crippen LogP contribution in [0.5, 0.6) is 0 Å². The molecule has 0 saturated heterocycles. The fourth-order valence-corrected chi connectivity index (χ4v) is 2.06. The predicted octanol–water partition coefficient (Wildman–Crippen LogP) is -1.54. The average molecular weight is 420 g/mol. The third kappa shape index (κ3) is 11.3. The second-order valence-corrected chi connectivity index (χ2v) is 6.97. The molecule has 0 unspecified atom stereocenters. The fraction of sp³-hybridized carbons (Fsp3) is 0.688. The van der Waals surface area contributed by atoms with Crippen molar-refractivity contribution in [1.29, 1.82) is 0 Å². The first-order valence-electron chi connectivity index (χ1n) is 8.31. The molecule has 0 aliphatic carbocycles. The minimum absolute atomic E-state index is 0.0695. The van der Waals surface area contributed by atoms with Crippen LogP contribution < -0.4 is 15.7 Å². The number of esters is 1. The van der Waals surface area contributed by atoms with Gasteiger partial charge in [-0.25, -0.2) is 4.79 Å². The van der Waals surface area contributed by atoms with E-state index in [1.165, 1.54) is 0 Å². The van der Waals surface area contributed by atoms with E-state index in [4.69, 9.17) is 9.84 Å². The average Bonchev–Trinajstić information content (AvgIpc) is 2.58. The molecule has 0 heterocycles. The van der Waals surface area contributed by atoms with Gasteiger partial charge in [0.15, 0.2) is 0 Å². The van der Waals surface area contributed by atoms with E-state index in [0.29, 0.717) is 0 Å². The van der Waals surface area contributed by atoms with Crippen molar-refractivity contribution in [1.82, 2.24) is 10.6 Å². The number of hydrogen-bond donors (Lipinski definition) is 4. The summed E-state index contributed by atoms with van der Waals surface area (Å²) >= 11 is 3.94. The predicted molar refractivity (Wildman–Crippen MR) is 99.7 cm³/mol. The van der Waals surface area contributed by atoms with Gasteiger partial charge in [0.05, 0.1) is 7.11 Å². The van der Waals surface area contributed by atoms with E-state index in [2.05, 4.69) is 33.0 Å². The molecule has 0 aromatic heterocycles. The lowest BCUT2D eigenvalue weighted by molar-refractivity contribution is -0.261. The normalized spacial score (nSPS) is 13.8. The summed E-state index contributed by atoms with van der Waals surface area (Å²) in [7, 11) is 1.11. The van der Waals surface area contributed by atoms with Gasteiger partial charge in [-0.1, -0.05) is 20.8 Å². The van der Waals surface area contributed by atoms with Gasteiger partial charge in [0.1, 0.15) is 24.7 Å². The standard InChI is InChI=1S/C16H27N3O8S/c1-16(2,3)27-15(25)19-9(14(24)26-4)5-6-11(20)18-10(8-28)13(23)17-7-12(21)22/h9-10,28H,5-8H2,1-4H3,(H,17,23)(H,18,20)(H,19,25)(H,21,22)/p-1/t9-,10-/m0/s1. The van der Waals surface area contributed by atoms with E-state index in [-0.39, 0.29) is 18.6 Å². The van der Waals surface area contributed by atoms with E-state index in [1.54, 1.807) is 20.8 Å². The maximum Gasteiger partial charge on any atom is 0.330 e. The van der Waals surface area contributed by atoms with Gasteiger partial charge in [-0.2, -0.15) is 12.6 Å². The molecule has 0 bridgehead atoms. The number of carbonyl (C=O) groups excluding carboxylic acids is 3. The molecular formula is C16H26N3O8S-. The summed E-state index contributed by atoms with van der Waals surface area (Å²) < 4.78 is 9.57. The number of rotatable bonds is 10. The molecule has 0 saturated carbocycles. The first kappa shape index (κ1) is 25.5. The zero-order chi connectivity index (χ0) is 21.9. The summed E-state index contributed by atoms with van der Waals surface area (Å²) in [4.78, 5) is 49.7. The van der Waals surface area contributed by atoms with Crippen LogP contribution in [0.4, 0.5) is 0 Å². The molecule has 12 heteroatoms. The molecule has 0 aromatic carbocycles. The molecule has 11 nitrogen and oxygen atoms in total. The lowest BCUT2D eigenvalue weighted by Crippen LogP contribution is -2.49. The van der Waals surface area contributed by atoms with Gasteiger partial charge in [-0.05, 0) is 6.42 Å².